The number of likely N-dealkylation sites (N-methyl/N-ethyl adjacent to an activating group) is 1. The molecule has 5 nitrogen and oxygen atoms in total. The van der Waals surface area contributed by atoms with Crippen molar-refractivity contribution >= 4 is 17.9 Å². The van der Waals surface area contributed by atoms with Crippen molar-refractivity contribution in [3.8, 4) is 5.75 Å². The summed E-state index contributed by atoms with van der Waals surface area (Å²) in [6, 6.07) is 13.2. The minimum absolute atomic E-state index is 0.0796. The van der Waals surface area contributed by atoms with Crippen LogP contribution in [-0.4, -0.2) is 41.8 Å². The Balaban J connectivity index is 1.61. The molecule has 0 saturated carbocycles. The van der Waals surface area contributed by atoms with E-state index in [1.807, 2.05) is 30.3 Å². The third-order valence-corrected chi connectivity index (χ3v) is 4.77. The van der Waals surface area contributed by atoms with Gasteiger partial charge in [0.05, 0.1) is 19.0 Å². The first-order valence-corrected chi connectivity index (χ1v) is 9.14. The second-order valence-electron chi connectivity index (χ2n) is 6.71. The molecule has 1 aliphatic rings. The molecule has 0 bridgehead atoms. The number of ether oxygens (including phenoxy) is 1. The number of amides is 2. The van der Waals surface area contributed by atoms with Crippen LogP contribution in [0, 0.1) is 5.82 Å². The molecule has 1 aliphatic heterocycles. The average Bonchev–Trinajstić information content (AvgIpc) is 2.69. The molecule has 1 unspecified atom stereocenters. The number of fused-ring (bicyclic) bond motifs is 1. The number of nitrogens with zero attached hydrogens (tertiary/aromatic N) is 2. The highest BCUT2D eigenvalue weighted by Crippen LogP contribution is 2.33. The first kappa shape index (κ1) is 19.6. The zero-order valence-electron chi connectivity index (χ0n) is 16.0. The lowest BCUT2D eigenvalue weighted by atomic mass is 9.93. The fraction of sp³-hybridized carbons (Fsp3) is 0.273. The number of benzene rings is 2. The summed E-state index contributed by atoms with van der Waals surface area (Å²) in [7, 11) is 1.71. The zero-order valence-corrected chi connectivity index (χ0v) is 16.0. The first-order chi connectivity index (χ1) is 13.5. The molecular formula is C22H23FN2O3. The Morgan fingerprint density at radius 2 is 1.86 bits per heavy atom. The molecule has 0 saturated heterocycles. The molecule has 2 aromatic carbocycles. The van der Waals surface area contributed by atoms with Gasteiger partial charge in [0, 0.05) is 20.2 Å². The molecular weight excluding hydrogens is 359 g/mol. The summed E-state index contributed by atoms with van der Waals surface area (Å²) < 4.78 is 18.5. The van der Waals surface area contributed by atoms with Gasteiger partial charge >= 0.3 is 0 Å². The van der Waals surface area contributed by atoms with Gasteiger partial charge in [-0.1, -0.05) is 24.3 Å². The quantitative estimate of drug-likeness (QED) is 0.767. The summed E-state index contributed by atoms with van der Waals surface area (Å²) in [5, 5.41) is 0. The van der Waals surface area contributed by atoms with E-state index < -0.39 is 0 Å². The monoisotopic (exact) mass is 382 g/mol. The molecule has 0 aromatic heterocycles. The van der Waals surface area contributed by atoms with E-state index in [1.54, 1.807) is 35.2 Å². The van der Waals surface area contributed by atoms with Gasteiger partial charge in [0.1, 0.15) is 18.2 Å². The Kier molecular flexibility index (Phi) is 6.09. The number of carbonyl (C=O) groups is 2. The molecule has 2 amide bonds. The second-order valence-corrected chi connectivity index (χ2v) is 6.71. The molecule has 1 atom stereocenters. The van der Waals surface area contributed by atoms with Gasteiger partial charge < -0.3 is 14.5 Å². The topological polar surface area (TPSA) is 49.9 Å². The number of hydrogen-bond acceptors (Lipinski definition) is 3. The Morgan fingerprint density at radius 1 is 1.14 bits per heavy atom. The van der Waals surface area contributed by atoms with E-state index in [1.165, 1.54) is 19.1 Å². The van der Waals surface area contributed by atoms with E-state index in [-0.39, 0.29) is 30.1 Å². The molecule has 0 fully saturated rings. The molecule has 1 heterocycles. The Bertz CT molecular complexity index is 880. The maximum atomic E-state index is 12.9. The van der Waals surface area contributed by atoms with Crippen LogP contribution in [0.25, 0.3) is 6.08 Å². The summed E-state index contributed by atoms with van der Waals surface area (Å²) in [6.07, 6.45) is 3.81. The Hall–Kier alpha value is -3.15. The molecule has 0 aliphatic carbocycles. The van der Waals surface area contributed by atoms with E-state index in [0.29, 0.717) is 18.9 Å². The second kappa shape index (κ2) is 8.69. The van der Waals surface area contributed by atoms with Crippen LogP contribution in [0.3, 0.4) is 0 Å². The molecule has 6 heteroatoms. The number of carbonyl (C=O) groups excluding carboxylic acids is 2. The van der Waals surface area contributed by atoms with Crippen molar-refractivity contribution in [2.24, 2.45) is 0 Å². The summed E-state index contributed by atoms with van der Waals surface area (Å²) in [6.45, 7) is 2.18. The number of rotatable bonds is 6. The van der Waals surface area contributed by atoms with Crippen molar-refractivity contribution < 1.29 is 18.7 Å². The van der Waals surface area contributed by atoms with Gasteiger partial charge in [-0.25, -0.2) is 4.39 Å². The fourth-order valence-electron chi connectivity index (χ4n) is 3.19. The number of halogens is 1. The van der Waals surface area contributed by atoms with Crippen LogP contribution in [0.5, 0.6) is 5.75 Å². The highest BCUT2D eigenvalue weighted by Gasteiger charge is 2.29. The van der Waals surface area contributed by atoms with E-state index in [9.17, 15) is 14.0 Å². The third kappa shape index (κ3) is 4.57. The van der Waals surface area contributed by atoms with Crippen molar-refractivity contribution in [2.45, 2.75) is 19.4 Å². The average molecular weight is 382 g/mol. The van der Waals surface area contributed by atoms with Crippen LogP contribution >= 0.6 is 0 Å². The lowest BCUT2D eigenvalue weighted by Crippen LogP contribution is -2.37. The van der Waals surface area contributed by atoms with Crippen molar-refractivity contribution in [1.82, 2.24) is 9.80 Å². The highest BCUT2D eigenvalue weighted by molar-refractivity contribution is 5.81. The summed E-state index contributed by atoms with van der Waals surface area (Å²) in [4.78, 5) is 27.9. The predicted octanol–water partition coefficient (Wildman–Crippen LogP) is 3.63. The van der Waals surface area contributed by atoms with Crippen molar-refractivity contribution in [3.63, 3.8) is 0 Å². The van der Waals surface area contributed by atoms with Crippen molar-refractivity contribution in [1.29, 1.82) is 0 Å². The van der Waals surface area contributed by atoms with Gasteiger partial charge in [0.15, 0.2) is 0 Å². The van der Waals surface area contributed by atoms with Gasteiger partial charge in [-0.15, -0.1) is 0 Å². The fourth-order valence-corrected chi connectivity index (χ4v) is 3.19. The summed E-state index contributed by atoms with van der Waals surface area (Å²) >= 11 is 0. The van der Waals surface area contributed by atoms with Crippen LogP contribution < -0.4 is 4.74 Å². The zero-order chi connectivity index (χ0) is 20.1. The van der Waals surface area contributed by atoms with Crippen LogP contribution in [-0.2, 0) is 9.59 Å². The maximum absolute atomic E-state index is 12.9. The van der Waals surface area contributed by atoms with Gasteiger partial charge in [-0.05, 0) is 41.5 Å². The summed E-state index contributed by atoms with van der Waals surface area (Å²) in [5.74, 6) is 0.0442. The van der Waals surface area contributed by atoms with Gasteiger partial charge in [-0.2, -0.15) is 0 Å². The van der Waals surface area contributed by atoms with Gasteiger partial charge in [0.25, 0.3) is 0 Å². The summed E-state index contributed by atoms with van der Waals surface area (Å²) in [5.41, 5.74) is 1.98. The minimum Gasteiger partial charge on any atom is -0.492 e. The molecule has 0 N–H and O–H groups in total. The third-order valence-electron chi connectivity index (χ3n) is 4.77. The lowest BCUT2D eigenvalue weighted by Gasteiger charge is -2.33. The van der Waals surface area contributed by atoms with E-state index in [2.05, 4.69) is 0 Å². The van der Waals surface area contributed by atoms with Gasteiger partial charge in [0.2, 0.25) is 11.8 Å². The van der Waals surface area contributed by atoms with E-state index in [4.69, 9.17) is 4.74 Å². The Morgan fingerprint density at radius 3 is 2.57 bits per heavy atom. The first-order valence-electron chi connectivity index (χ1n) is 9.14. The van der Waals surface area contributed by atoms with Gasteiger partial charge in [-0.3, -0.25) is 9.59 Å². The number of hydrogen-bond donors (Lipinski definition) is 0. The molecule has 0 spiro atoms. The lowest BCUT2D eigenvalue weighted by molar-refractivity contribution is -0.134. The van der Waals surface area contributed by atoms with E-state index >= 15 is 0 Å². The Labute approximate surface area is 164 Å². The minimum atomic E-state index is -0.327. The molecule has 2 aromatic rings. The van der Waals surface area contributed by atoms with Crippen LogP contribution in [0.15, 0.2) is 54.7 Å². The van der Waals surface area contributed by atoms with Crippen LogP contribution in [0.4, 0.5) is 4.39 Å². The predicted molar refractivity (Wildman–Crippen MR) is 105 cm³/mol. The normalized spacial score (nSPS) is 15.1. The SMILES string of the molecule is CC(=O)N1C=Cc2ccccc2C1CC(=O)N(C)CCOc1ccc(F)cc1. The van der Waals surface area contributed by atoms with Crippen molar-refractivity contribution in [2.75, 3.05) is 20.2 Å². The maximum Gasteiger partial charge on any atom is 0.224 e. The standard InChI is InChI=1S/C22H23FN2O3/c1-16(26)25-12-11-17-5-3-4-6-20(17)21(25)15-22(27)24(2)13-14-28-19-9-7-18(23)8-10-19/h3-12,21H,13-15H2,1-2H3. The molecule has 28 heavy (non-hydrogen) atoms. The molecule has 0 radical (unpaired) electrons. The molecule has 146 valence electrons. The highest BCUT2D eigenvalue weighted by atomic mass is 19.1. The van der Waals surface area contributed by atoms with E-state index in [0.717, 1.165) is 11.1 Å². The van der Waals surface area contributed by atoms with Crippen molar-refractivity contribution in [3.05, 3.63) is 71.7 Å². The van der Waals surface area contributed by atoms with Crippen LogP contribution in [0.1, 0.15) is 30.5 Å². The van der Waals surface area contributed by atoms with Crippen LogP contribution in [0.2, 0.25) is 0 Å². The molecule has 3 rings (SSSR count). The largest absolute Gasteiger partial charge is 0.492 e. The smallest absolute Gasteiger partial charge is 0.224 e.